The fraction of sp³-hybridized carbons (Fsp3) is 0.188. The fourth-order valence-electron chi connectivity index (χ4n) is 2.13. The summed E-state index contributed by atoms with van der Waals surface area (Å²) in [4.78, 5) is 11.0. The molecule has 2 aromatic rings. The van der Waals surface area contributed by atoms with Crippen LogP contribution in [0.5, 0.6) is 0 Å². The predicted octanol–water partition coefficient (Wildman–Crippen LogP) is 3.78. The van der Waals surface area contributed by atoms with Gasteiger partial charge in [0, 0.05) is 3.57 Å². The SMILES string of the molecule is Cc1ccc(C(NC(=O)O)C(O)c2ccc(I)cc2)cc1F. The first-order valence-electron chi connectivity index (χ1n) is 6.57. The molecular weight excluding hydrogens is 400 g/mol. The van der Waals surface area contributed by atoms with Crippen LogP contribution in [0.4, 0.5) is 9.18 Å². The zero-order valence-electron chi connectivity index (χ0n) is 11.8. The highest BCUT2D eigenvalue weighted by molar-refractivity contribution is 14.1. The van der Waals surface area contributed by atoms with Gasteiger partial charge in [-0.15, -0.1) is 0 Å². The normalized spacial score (nSPS) is 13.5. The van der Waals surface area contributed by atoms with E-state index in [2.05, 4.69) is 27.9 Å². The van der Waals surface area contributed by atoms with E-state index in [0.717, 1.165) is 3.57 Å². The summed E-state index contributed by atoms with van der Waals surface area (Å²) in [5.74, 6) is -0.440. The highest BCUT2D eigenvalue weighted by atomic mass is 127. The molecule has 6 heteroatoms. The molecule has 0 bridgehead atoms. The molecule has 22 heavy (non-hydrogen) atoms. The maximum atomic E-state index is 13.7. The largest absolute Gasteiger partial charge is 0.465 e. The van der Waals surface area contributed by atoms with E-state index in [1.165, 1.54) is 6.07 Å². The summed E-state index contributed by atoms with van der Waals surface area (Å²) in [5.41, 5.74) is 1.39. The molecule has 1 amide bonds. The van der Waals surface area contributed by atoms with Crippen molar-refractivity contribution in [2.75, 3.05) is 0 Å². The van der Waals surface area contributed by atoms with Gasteiger partial charge in [-0.3, -0.25) is 0 Å². The van der Waals surface area contributed by atoms with Crippen LogP contribution in [-0.2, 0) is 0 Å². The molecule has 0 heterocycles. The average molecular weight is 415 g/mol. The Labute approximate surface area is 141 Å². The lowest BCUT2D eigenvalue weighted by Crippen LogP contribution is -2.31. The number of aryl methyl sites for hydroxylation is 1. The second-order valence-electron chi connectivity index (χ2n) is 4.93. The molecule has 2 unspecified atom stereocenters. The molecule has 0 aliphatic heterocycles. The Hall–Kier alpha value is -1.67. The van der Waals surface area contributed by atoms with Crippen molar-refractivity contribution in [2.45, 2.75) is 19.1 Å². The molecule has 2 aromatic carbocycles. The minimum Gasteiger partial charge on any atom is -0.465 e. The fourth-order valence-corrected chi connectivity index (χ4v) is 2.49. The molecule has 0 aliphatic carbocycles. The maximum Gasteiger partial charge on any atom is 0.405 e. The summed E-state index contributed by atoms with van der Waals surface area (Å²) in [5, 5.41) is 21.7. The molecule has 0 spiro atoms. The topological polar surface area (TPSA) is 69.6 Å². The first kappa shape index (κ1) is 16.7. The number of hydrogen-bond donors (Lipinski definition) is 3. The third kappa shape index (κ3) is 3.95. The van der Waals surface area contributed by atoms with Gasteiger partial charge in [-0.05, 0) is 64.4 Å². The quantitative estimate of drug-likeness (QED) is 0.666. The third-order valence-electron chi connectivity index (χ3n) is 3.36. The number of benzene rings is 2. The van der Waals surface area contributed by atoms with E-state index in [-0.39, 0.29) is 0 Å². The highest BCUT2D eigenvalue weighted by Gasteiger charge is 2.25. The molecule has 3 N–H and O–H groups in total. The van der Waals surface area contributed by atoms with Crippen molar-refractivity contribution in [3.05, 3.63) is 68.5 Å². The zero-order chi connectivity index (χ0) is 16.3. The molecule has 0 saturated heterocycles. The lowest BCUT2D eigenvalue weighted by molar-refractivity contribution is 0.120. The summed E-state index contributed by atoms with van der Waals surface area (Å²) >= 11 is 2.14. The van der Waals surface area contributed by atoms with Crippen molar-refractivity contribution >= 4 is 28.7 Å². The minimum absolute atomic E-state index is 0.372. The lowest BCUT2D eigenvalue weighted by Gasteiger charge is -2.24. The van der Waals surface area contributed by atoms with Crippen molar-refractivity contribution in [3.8, 4) is 0 Å². The summed E-state index contributed by atoms with van der Waals surface area (Å²) in [6.45, 7) is 1.62. The van der Waals surface area contributed by atoms with Crippen LogP contribution in [0.1, 0.15) is 28.8 Å². The van der Waals surface area contributed by atoms with E-state index in [9.17, 15) is 14.3 Å². The van der Waals surface area contributed by atoms with Gasteiger partial charge in [0.15, 0.2) is 0 Å². The number of hydrogen-bond acceptors (Lipinski definition) is 2. The van der Waals surface area contributed by atoms with Crippen molar-refractivity contribution in [1.82, 2.24) is 5.32 Å². The summed E-state index contributed by atoms with van der Waals surface area (Å²) in [6.07, 6.45) is -2.40. The molecule has 0 aromatic heterocycles. The van der Waals surface area contributed by atoms with Gasteiger partial charge in [0.1, 0.15) is 11.9 Å². The van der Waals surface area contributed by atoms with E-state index in [0.29, 0.717) is 16.7 Å². The molecule has 2 atom stereocenters. The molecule has 116 valence electrons. The molecule has 0 radical (unpaired) electrons. The Morgan fingerprint density at radius 3 is 2.32 bits per heavy atom. The summed E-state index contributed by atoms with van der Waals surface area (Å²) in [7, 11) is 0. The van der Waals surface area contributed by atoms with Crippen molar-refractivity contribution in [3.63, 3.8) is 0 Å². The number of rotatable bonds is 4. The van der Waals surface area contributed by atoms with Gasteiger partial charge in [-0.25, -0.2) is 9.18 Å². The first-order valence-corrected chi connectivity index (χ1v) is 7.65. The van der Waals surface area contributed by atoms with Gasteiger partial charge < -0.3 is 15.5 Å². The Balaban J connectivity index is 2.38. The number of nitrogens with one attached hydrogen (secondary N) is 1. The zero-order valence-corrected chi connectivity index (χ0v) is 13.9. The highest BCUT2D eigenvalue weighted by Crippen LogP contribution is 2.30. The van der Waals surface area contributed by atoms with Crippen LogP contribution in [-0.4, -0.2) is 16.3 Å². The van der Waals surface area contributed by atoms with Crippen LogP contribution >= 0.6 is 22.6 Å². The van der Waals surface area contributed by atoms with Gasteiger partial charge in [0.2, 0.25) is 0 Å². The smallest absolute Gasteiger partial charge is 0.405 e. The van der Waals surface area contributed by atoms with E-state index in [1.807, 2.05) is 12.1 Å². The van der Waals surface area contributed by atoms with E-state index < -0.39 is 24.1 Å². The van der Waals surface area contributed by atoms with Gasteiger partial charge in [-0.1, -0.05) is 24.3 Å². The second-order valence-corrected chi connectivity index (χ2v) is 6.18. The first-order chi connectivity index (χ1) is 10.4. The molecule has 2 rings (SSSR count). The van der Waals surface area contributed by atoms with Gasteiger partial charge >= 0.3 is 6.09 Å². The Bertz CT molecular complexity index is 676. The lowest BCUT2D eigenvalue weighted by atomic mass is 9.95. The second kappa shape index (κ2) is 7.06. The van der Waals surface area contributed by atoms with Crippen LogP contribution in [0.2, 0.25) is 0 Å². The number of aliphatic hydroxyl groups is 1. The van der Waals surface area contributed by atoms with Crippen molar-refractivity contribution < 1.29 is 19.4 Å². The van der Waals surface area contributed by atoms with Gasteiger partial charge in [-0.2, -0.15) is 0 Å². The molecule has 0 saturated carbocycles. The molecular formula is C16H15FINO3. The van der Waals surface area contributed by atoms with E-state index in [1.54, 1.807) is 31.2 Å². The maximum absolute atomic E-state index is 13.7. The van der Waals surface area contributed by atoms with Crippen molar-refractivity contribution in [2.24, 2.45) is 0 Å². The molecule has 0 fully saturated rings. The number of halogens is 2. The van der Waals surface area contributed by atoms with E-state index in [4.69, 9.17) is 5.11 Å². The minimum atomic E-state index is -1.28. The van der Waals surface area contributed by atoms with Crippen LogP contribution < -0.4 is 5.32 Å². The number of carbonyl (C=O) groups is 1. The van der Waals surface area contributed by atoms with E-state index >= 15 is 0 Å². The summed E-state index contributed by atoms with van der Waals surface area (Å²) < 4.78 is 14.7. The van der Waals surface area contributed by atoms with Gasteiger partial charge in [0.05, 0.1) is 6.04 Å². The van der Waals surface area contributed by atoms with Crippen molar-refractivity contribution in [1.29, 1.82) is 0 Å². The number of amides is 1. The molecule has 0 aliphatic rings. The Morgan fingerprint density at radius 2 is 1.77 bits per heavy atom. The van der Waals surface area contributed by atoms with Gasteiger partial charge in [0.25, 0.3) is 0 Å². The number of carboxylic acid groups (broad SMARTS) is 1. The van der Waals surface area contributed by atoms with Crippen LogP contribution in [0.25, 0.3) is 0 Å². The standard InChI is InChI=1S/C16H15FINO3/c1-9-2-3-11(8-13(9)17)14(19-16(21)22)15(20)10-4-6-12(18)7-5-10/h2-8,14-15,19-20H,1H3,(H,21,22). The Morgan fingerprint density at radius 1 is 1.18 bits per heavy atom. The average Bonchev–Trinajstić information content (AvgIpc) is 2.48. The molecule has 4 nitrogen and oxygen atoms in total. The third-order valence-corrected chi connectivity index (χ3v) is 4.08. The van der Waals surface area contributed by atoms with Crippen LogP contribution in [0.15, 0.2) is 42.5 Å². The predicted molar refractivity (Wildman–Crippen MR) is 89.2 cm³/mol. The Kier molecular flexibility index (Phi) is 5.36. The van der Waals surface area contributed by atoms with Crippen LogP contribution in [0, 0.1) is 16.3 Å². The number of aliphatic hydroxyl groups excluding tert-OH is 1. The summed E-state index contributed by atoms with van der Waals surface area (Å²) in [6, 6.07) is 10.5. The monoisotopic (exact) mass is 415 g/mol. The van der Waals surface area contributed by atoms with Crippen LogP contribution in [0.3, 0.4) is 0 Å².